The van der Waals surface area contributed by atoms with Crippen LogP contribution in [-0.2, 0) is 13.7 Å². The van der Waals surface area contributed by atoms with Crippen LogP contribution in [0.15, 0.2) is 30.5 Å². The van der Waals surface area contributed by atoms with Crippen molar-refractivity contribution in [2.24, 2.45) is 7.05 Å². The molecule has 1 aromatic heterocycles. The molecule has 0 aliphatic heterocycles. The van der Waals surface area contributed by atoms with Gasteiger partial charge in [0.15, 0.2) is 0 Å². The van der Waals surface area contributed by atoms with Gasteiger partial charge in [-0.3, -0.25) is 4.68 Å². The molecule has 4 heteroatoms. The second-order valence-electron chi connectivity index (χ2n) is 3.57. The first-order chi connectivity index (χ1) is 7.74. The summed E-state index contributed by atoms with van der Waals surface area (Å²) in [6, 6.07) is 7.64. The molecule has 0 aliphatic rings. The number of aromatic nitrogens is 2. The quantitative estimate of drug-likeness (QED) is 0.851. The lowest BCUT2D eigenvalue weighted by Crippen LogP contribution is -1.89. The Kier molecular flexibility index (Phi) is 2.92. The maximum absolute atomic E-state index is 9.23. The molecule has 0 atom stereocenters. The minimum absolute atomic E-state index is 0.0135. The van der Waals surface area contributed by atoms with Crippen LogP contribution in [0.2, 0.25) is 0 Å². The molecular weight excluding hydrogens is 204 g/mol. The van der Waals surface area contributed by atoms with Crippen LogP contribution in [-0.4, -0.2) is 22.0 Å². The zero-order valence-corrected chi connectivity index (χ0v) is 9.34. The van der Waals surface area contributed by atoms with Crippen molar-refractivity contribution in [2.45, 2.75) is 6.61 Å². The van der Waals surface area contributed by atoms with Crippen molar-refractivity contribution in [3.05, 3.63) is 36.0 Å². The average molecular weight is 218 g/mol. The molecule has 0 saturated heterocycles. The van der Waals surface area contributed by atoms with E-state index in [1.165, 1.54) is 0 Å². The molecule has 0 bridgehead atoms. The predicted octanol–water partition coefficient (Wildman–Crippen LogP) is 1.59. The number of ether oxygens (including phenoxy) is 1. The number of methoxy groups -OCH3 is 1. The van der Waals surface area contributed by atoms with Crippen molar-refractivity contribution < 1.29 is 9.84 Å². The third-order valence-corrected chi connectivity index (χ3v) is 2.42. The molecule has 1 N–H and O–H groups in total. The fraction of sp³-hybridized carbons (Fsp3) is 0.250. The van der Waals surface area contributed by atoms with Gasteiger partial charge in [-0.2, -0.15) is 5.10 Å². The number of rotatable bonds is 3. The number of aryl methyl sites for hydroxylation is 1. The van der Waals surface area contributed by atoms with Gasteiger partial charge in [-0.05, 0) is 12.1 Å². The number of aliphatic hydroxyl groups excluding tert-OH is 1. The van der Waals surface area contributed by atoms with Crippen LogP contribution in [0.4, 0.5) is 0 Å². The van der Waals surface area contributed by atoms with Crippen LogP contribution in [0, 0.1) is 0 Å². The van der Waals surface area contributed by atoms with Crippen molar-refractivity contribution in [1.82, 2.24) is 9.78 Å². The van der Waals surface area contributed by atoms with E-state index in [0.29, 0.717) is 0 Å². The molecule has 1 heterocycles. The maximum Gasteiger partial charge on any atom is 0.119 e. The molecule has 1 aromatic carbocycles. The largest absolute Gasteiger partial charge is 0.497 e. The van der Waals surface area contributed by atoms with E-state index in [2.05, 4.69) is 5.10 Å². The average Bonchev–Trinajstić information content (AvgIpc) is 2.70. The first kappa shape index (κ1) is 10.7. The Morgan fingerprint density at radius 2 is 2.25 bits per heavy atom. The molecule has 0 saturated carbocycles. The second kappa shape index (κ2) is 4.37. The first-order valence-corrected chi connectivity index (χ1v) is 5.02. The third-order valence-electron chi connectivity index (χ3n) is 2.42. The van der Waals surface area contributed by atoms with Gasteiger partial charge in [0.2, 0.25) is 0 Å². The molecule has 0 aliphatic carbocycles. The van der Waals surface area contributed by atoms with Crippen molar-refractivity contribution in [3.63, 3.8) is 0 Å². The highest BCUT2D eigenvalue weighted by Crippen LogP contribution is 2.25. The van der Waals surface area contributed by atoms with Crippen LogP contribution >= 0.6 is 0 Å². The molecule has 16 heavy (non-hydrogen) atoms. The van der Waals surface area contributed by atoms with Crippen molar-refractivity contribution in [3.8, 4) is 17.0 Å². The molecule has 0 amide bonds. The highest BCUT2D eigenvalue weighted by atomic mass is 16.5. The summed E-state index contributed by atoms with van der Waals surface area (Å²) in [5.41, 5.74) is 2.56. The summed E-state index contributed by atoms with van der Waals surface area (Å²) in [6.45, 7) is -0.0135. The predicted molar refractivity (Wildman–Crippen MR) is 61.1 cm³/mol. The SMILES string of the molecule is COc1cccc(-c2nn(C)cc2CO)c1. The van der Waals surface area contributed by atoms with Crippen LogP contribution in [0.3, 0.4) is 0 Å². The highest BCUT2D eigenvalue weighted by Gasteiger charge is 2.09. The fourth-order valence-electron chi connectivity index (χ4n) is 1.67. The van der Waals surface area contributed by atoms with Crippen LogP contribution in [0.1, 0.15) is 5.56 Å². The van der Waals surface area contributed by atoms with Crippen molar-refractivity contribution >= 4 is 0 Å². The van der Waals surface area contributed by atoms with E-state index in [9.17, 15) is 5.11 Å². The van der Waals surface area contributed by atoms with Gasteiger partial charge < -0.3 is 9.84 Å². The Morgan fingerprint density at radius 3 is 2.94 bits per heavy atom. The summed E-state index contributed by atoms with van der Waals surface area (Å²) < 4.78 is 6.85. The van der Waals surface area contributed by atoms with E-state index in [-0.39, 0.29) is 6.61 Å². The van der Waals surface area contributed by atoms with Gasteiger partial charge in [-0.25, -0.2) is 0 Å². The number of aliphatic hydroxyl groups is 1. The maximum atomic E-state index is 9.23. The Labute approximate surface area is 94.1 Å². The van der Waals surface area contributed by atoms with E-state index in [0.717, 1.165) is 22.6 Å². The summed E-state index contributed by atoms with van der Waals surface area (Å²) in [5.74, 6) is 0.784. The standard InChI is InChI=1S/C12H14N2O2/c1-14-7-10(8-15)12(13-14)9-4-3-5-11(6-9)16-2/h3-7,15H,8H2,1-2H3. The number of nitrogens with zero attached hydrogens (tertiary/aromatic N) is 2. The summed E-state index contributed by atoms with van der Waals surface area (Å²) in [7, 11) is 3.47. The normalized spacial score (nSPS) is 10.4. The minimum atomic E-state index is -0.0135. The number of benzene rings is 1. The Morgan fingerprint density at radius 1 is 1.44 bits per heavy atom. The summed E-state index contributed by atoms with van der Waals surface area (Å²) in [6.07, 6.45) is 1.81. The van der Waals surface area contributed by atoms with E-state index in [1.807, 2.05) is 37.5 Å². The summed E-state index contributed by atoms with van der Waals surface area (Å²) >= 11 is 0. The topological polar surface area (TPSA) is 47.3 Å². The Bertz CT molecular complexity index is 492. The van der Waals surface area contributed by atoms with E-state index in [4.69, 9.17) is 4.74 Å². The number of hydrogen-bond acceptors (Lipinski definition) is 3. The highest BCUT2D eigenvalue weighted by molar-refractivity contribution is 5.64. The van der Waals surface area contributed by atoms with Crippen LogP contribution < -0.4 is 4.74 Å². The zero-order chi connectivity index (χ0) is 11.5. The lowest BCUT2D eigenvalue weighted by Gasteiger charge is -2.03. The minimum Gasteiger partial charge on any atom is -0.497 e. The van der Waals surface area contributed by atoms with Crippen LogP contribution in [0.25, 0.3) is 11.3 Å². The Hall–Kier alpha value is -1.81. The van der Waals surface area contributed by atoms with E-state index < -0.39 is 0 Å². The zero-order valence-electron chi connectivity index (χ0n) is 9.34. The Balaban J connectivity index is 2.48. The van der Waals surface area contributed by atoms with E-state index in [1.54, 1.807) is 11.8 Å². The fourth-order valence-corrected chi connectivity index (χ4v) is 1.67. The first-order valence-electron chi connectivity index (χ1n) is 5.02. The lowest BCUT2D eigenvalue weighted by molar-refractivity contribution is 0.282. The molecule has 0 radical (unpaired) electrons. The monoisotopic (exact) mass is 218 g/mol. The molecular formula is C12H14N2O2. The second-order valence-corrected chi connectivity index (χ2v) is 3.57. The van der Waals surface area contributed by atoms with Gasteiger partial charge in [-0.15, -0.1) is 0 Å². The molecule has 4 nitrogen and oxygen atoms in total. The van der Waals surface area contributed by atoms with Gasteiger partial charge in [0.25, 0.3) is 0 Å². The molecule has 0 fully saturated rings. The molecule has 2 aromatic rings. The summed E-state index contributed by atoms with van der Waals surface area (Å²) in [4.78, 5) is 0. The molecule has 2 rings (SSSR count). The smallest absolute Gasteiger partial charge is 0.119 e. The van der Waals surface area contributed by atoms with Gasteiger partial charge in [0, 0.05) is 24.4 Å². The van der Waals surface area contributed by atoms with Gasteiger partial charge in [0.1, 0.15) is 5.75 Å². The molecule has 84 valence electrons. The third kappa shape index (κ3) is 1.92. The van der Waals surface area contributed by atoms with Gasteiger partial charge in [0.05, 0.1) is 19.4 Å². The lowest BCUT2D eigenvalue weighted by atomic mass is 10.1. The van der Waals surface area contributed by atoms with Crippen molar-refractivity contribution in [2.75, 3.05) is 7.11 Å². The van der Waals surface area contributed by atoms with Gasteiger partial charge in [-0.1, -0.05) is 12.1 Å². The molecule has 0 spiro atoms. The molecule has 0 unspecified atom stereocenters. The van der Waals surface area contributed by atoms with Gasteiger partial charge >= 0.3 is 0 Å². The van der Waals surface area contributed by atoms with Crippen molar-refractivity contribution in [1.29, 1.82) is 0 Å². The summed E-state index contributed by atoms with van der Waals surface area (Å²) in [5, 5.41) is 13.6. The number of hydrogen-bond donors (Lipinski definition) is 1. The van der Waals surface area contributed by atoms with E-state index >= 15 is 0 Å². The van der Waals surface area contributed by atoms with Crippen LogP contribution in [0.5, 0.6) is 5.75 Å².